The minimum Gasteiger partial charge on any atom is -0.491 e. The summed E-state index contributed by atoms with van der Waals surface area (Å²) in [6.45, 7) is 7.61. The predicted octanol–water partition coefficient (Wildman–Crippen LogP) is 2.58. The molecule has 104 valence electrons. The van der Waals surface area contributed by atoms with Gasteiger partial charge in [0.2, 0.25) is 0 Å². The molecule has 0 bridgehead atoms. The van der Waals surface area contributed by atoms with E-state index in [2.05, 4.69) is 48.3 Å². The maximum Gasteiger partial charge on any atom is 0.124 e. The fourth-order valence-corrected chi connectivity index (χ4v) is 3.35. The first-order valence-corrected chi connectivity index (χ1v) is 7.50. The van der Waals surface area contributed by atoms with E-state index in [4.69, 9.17) is 4.74 Å². The first-order chi connectivity index (χ1) is 9.29. The number of hydrogen-bond acceptors (Lipinski definition) is 3. The fraction of sp³-hybridized carbons (Fsp3) is 0.625. The van der Waals surface area contributed by atoms with Gasteiger partial charge < -0.3 is 10.1 Å². The zero-order valence-electron chi connectivity index (χ0n) is 11.9. The molecule has 0 amide bonds. The smallest absolute Gasteiger partial charge is 0.124 e. The Hall–Kier alpha value is -1.06. The second-order valence-electron chi connectivity index (χ2n) is 5.80. The van der Waals surface area contributed by atoms with E-state index in [0.29, 0.717) is 18.1 Å². The maximum absolute atomic E-state index is 5.85. The van der Waals surface area contributed by atoms with Crippen LogP contribution in [0.1, 0.15) is 38.3 Å². The molecule has 1 N–H and O–H groups in total. The van der Waals surface area contributed by atoms with Gasteiger partial charge >= 0.3 is 0 Å². The van der Waals surface area contributed by atoms with Crippen LogP contribution in [0, 0.1) is 0 Å². The zero-order valence-corrected chi connectivity index (χ0v) is 11.9. The molecule has 3 rings (SSSR count). The summed E-state index contributed by atoms with van der Waals surface area (Å²) >= 11 is 0. The number of para-hydroxylation sites is 1. The fourth-order valence-electron chi connectivity index (χ4n) is 3.35. The van der Waals surface area contributed by atoms with Crippen LogP contribution in [0.3, 0.4) is 0 Å². The largest absolute Gasteiger partial charge is 0.491 e. The number of nitrogens with one attached hydrogen (secondary N) is 1. The van der Waals surface area contributed by atoms with Crippen molar-refractivity contribution < 1.29 is 4.74 Å². The van der Waals surface area contributed by atoms with Crippen molar-refractivity contribution in [1.29, 1.82) is 0 Å². The van der Waals surface area contributed by atoms with E-state index in [9.17, 15) is 0 Å². The third kappa shape index (κ3) is 2.49. The van der Waals surface area contributed by atoms with E-state index in [1.807, 2.05) is 0 Å². The van der Waals surface area contributed by atoms with Crippen LogP contribution in [0.2, 0.25) is 0 Å². The van der Waals surface area contributed by atoms with Crippen molar-refractivity contribution in [2.24, 2.45) is 0 Å². The molecular formula is C16H24N2O. The highest BCUT2D eigenvalue weighted by molar-refractivity contribution is 5.39. The van der Waals surface area contributed by atoms with Crippen molar-refractivity contribution in [3.8, 4) is 5.75 Å². The normalized spacial score (nSPS) is 30.9. The summed E-state index contributed by atoms with van der Waals surface area (Å²) in [7, 11) is 0. The van der Waals surface area contributed by atoms with Crippen molar-refractivity contribution >= 4 is 0 Å². The molecule has 3 nitrogen and oxygen atoms in total. The second kappa shape index (κ2) is 5.51. The van der Waals surface area contributed by atoms with Gasteiger partial charge in [-0.2, -0.15) is 0 Å². The minimum absolute atomic E-state index is 0.438. The van der Waals surface area contributed by atoms with Crippen LogP contribution in [0.5, 0.6) is 5.75 Å². The highest BCUT2D eigenvalue weighted by Gasteiger charge is 2.35. The van der Waals surface area contributed by atoms with Crippen molar-refractivity contribution in [1.82, 2.24) is 10.2 Å². The lowest BCUT2D eigenvalue weighted by Gasteiger charge is -2.41. The van der Waals surface area contributed by atoms with Gasteiger partial charge in [0.15, 0.2) is 0 Å². The molecule has 1 saturated heterocycles. The average Bonchev–Trinajstić information content (AvgIpc) is 2.85. The van der Waals surface area contributed by atoms with Gasteiger partial charge in [-0.05, 0) is 19.4 Å². The van der Waals surface area contributed by atoms with E-state index >= 15 is 0 Å². The topological polar surface area (TPSA) is 24.5 Å². The van der Waals surface area contributed by atoms with Gasteiger partial charge in [-0.1, -0.05) is 31.5 Å². The van der Waals surface area contributed by atoms with Gasteiger partial charge in [0, 0.05) is 30.7 Å². The maximum atomic E-state index is 5.85. The Balaban J connectivity index is 1.77. The van der Waals surface area contributed by atoms with E-state index in [1.165, 1.54) is 18.4 Å². The molecule has 1 aromatic rings. The van der Waals surface area contributed by atoms with Crippen LogP contribution in [0.25, 0.3) is 0 Å². The molecule has 1 aromatic carbocycles. The van der Waals surface area contributed by atoms with E-state index < -0.39 is 0 Å². The Kier molecular flexibility index (Phi) is 3.76. The molecule has 0 aromatic heterocycles. The van der Waals surface area contributed by atoms with E-state index in [0.717, 1.165) is 25.4 Å². The molecular weight excluding hydrogens is 236 g/mol. The number of ether oxygens (including phenoxy) is 1. The number of hydrogen-bond donors (Lipinski definition) is 1. The molecule has 0 saturated carbocycles. The van der Waals surface area contributed by atoms with Crippen LogP contribution in [-0.4, -0.2) is 36.7 Å². The third-order valence-electron chi connectivity index (χ3n) is 4.41. The molecule has 0 radical (unpaired) electrons. The summed E-state index contributed by atoms with van der Waals surface area (Å²) in [5, 5.41) is 3.66. The van der Waals surface area contributed by atoms with Crippen LogP contribution in [-0.2, 0) is 0 Å². The molecule has 3 heteroatoms. The number of benzene rings is 1. The first kappa shape index (κ1) is 12.9. The van der Waals surface area contributed by atoms with Gasteiger partial charge in [0.25, 0.3) is 0 Å². The Morgan fingerprint density at radius 1 is 1.37 bits per heavy atom. The molecule has 2 heterocycles. The number of rotatable bonds is 3. The minimum atomic E-state index is 0.438. The summed E-state index contributed by atoms with van der Waals surface area (Å²) in [4.78, 5) is 2.63. The summed E-state index contributed by atoms with van der Waals surface area (Å²) in [6.07, 6.45) is 2.51. The molecule has 3 atom stereocenters. The standard InChI is InChI=1S/C16H24N2O/c1-3-6-13-10-18(12(2)9-17-13)15-11-19-16-8-5-4-7-14(15)16/h4-5,7-8,12-13,15,17H,3,6,9-11H2,1-2H3. The average molecular weight is 260 g/mol. The Labute approximate surface area is 115 Å². The molecule has 2 aliphatic rings. The quantitative estimate of drug-likeness (QED) is 0.904. The van der Waals surface area contributed by atoms with Crippen LogP contribution in [0.4, 0.5) is 0 Å². The Morgan fingerprint density at radius 3 is 3.05 bits per heavy atom. The molecule has 0 spiro atoms. The van der Waals surface area contributed by atoms with E-state index in [1.54, 1.807) is 0 Å². The summed E-state index contributed by atoms with van der Waals surface area (Å²) < 4.78 is 5.85. The summed E-state index contributed by atoms with van der Waals surface area (Å²) in [6, 6.07) is 10.1. The third-order valence-corrected chi connectivity index (χ3v) is 4.41. The van der Waals surface area contributed by atoms with Gasteiger partial charge in [-0.25, -0.2) is 0 Å². The highest BCUT2D eigenvalue weighted by atomic mass is 16.5. The molecule has 19 heavy (non-hydrogen) atoms. The van der Waals surface area contributed by atoms with Crippen molar-refractivity contribution in [3.05, 3.63) is 29.8 Å². The monoisotopic (exact) mass is 260 g/mol. The van der Waals surface area contributed by atoms with Crippen molar-refractivity contribution in [2.75, 3.05) is 19.7 Å². The second-order valence-corrected chi connectivity index (χ2v) is 5.80. The first-order valence-electron chi connectivity index (χ1n) is 7.50. The highest BCUT2D eigenvalue weighted by Crippen LogP contribution is 2.37. The lowest BCUT2D eigenvalue weighted by Crippen LogP contribution is -2.56. The molecule has 1 fully saturated rings. The molecule has 0 aliphatic carbocycles. The summed E-state index contributed by atoms with van der Waals surface area (Å²) in [5.74, 6) is 1.07. The van der Waals surface area contributed by atoms with Crippen LogP contribution < -0.4 is 10.1 Å². The lowest BCUT2D eigenvalue weighted by molar-refractivity contribution is 0.0749. The number of piperazine rings is 1. The lowest BCUT2D eigenvalue weighted by atomic mass is 10.00. The Morgan fingerprint density at radius 2 is 2.21 bits per heavy atom. The Bertz CT molecular complexity index is 435. The van der Waals surface area contributed by atoms with Crippen molar-refractivity contribution in [3.63, 3.8) is 0 Å². The number of fused-ring (bicyclic) bond motifs is 1. The molecule has 3 unspecified atom stereocenters. The van der Waals surface area contributed by atoms with Crippen molar-refractivity contribution in [2.45, 2.75) is 44.8 Å². The SMILES string of the molecule is CCCC1CN(C2COc3ccccc32)C(C)CN1. The van der Waals surface area contributed by atoms with Gasteiger partial charge in [-0.15, -0.1) is 0 Å². The molecule has 2 aliphatic heterocycles. The van der Waals surface area contributed by atoms with Crippen LogP contribution >= 0.6 is 0 Å². The number of nitrogens with zero attached hydrogens (tertiary/aromatic N) is 1. The van der Waals surface area contributed by atoms with Gasteiger partial charge in [0.05, 0.1) is 6.04 Å². The van der Waals surface area contributed by atoms with Gasteiger partial charge in [0.1, 0.15) is 12.4 Å². The van der Waals surface area contributed by atoms with Gasteiger partial charge in [-0.3, -0.25) is 4.90 Å². The van der Waals surface area contributed by atoms with Crippen LogP contribution in [0.15, 0.2) is 24.3 Å². The zero-order chi connectivity index (χ0) is 13.2. The van der Waals surface area contributed by atoms with E-state index in [-0.39, 0.29) is 0 Å². The predicted molar refractivity (Wildman–Crippen MR) is 77.5 cm³/mol. The summed E-state index contributed by atoms with van der Waals surface area (Å²) in [5.41, 5.74) is 1.37.